The van der Waals surface area contributed by atoms with Gasteiger partial charge in [-0.2, -0.15) is 0 Å². The Kier molecular flexibility index (Phi) is 6.25. The summed E-state index contributed by atoms with van der Waals surface area (Å²) in [5, 5.41) is 0. The third-order valence-corrected chi connectivity index (χ3v) is 8.13. The van der Waals surface area contributed by atoms with Crippen LogP contribution in [0.25, 0.3) is 0 Å². The zero-order valence-electron chi connectivity index (χ0n) is 20.2. The average Bonchev–Trinajstić information content (AvgIpc) is 3.28. The van der Waals surface area contributed by atoms with Gasteiger partial charge in [0.2, 0.25) is 0 Å². The summed E-state index contributed by atoms with van der Waals surface area (Å²) in [6, 6.07) is 0. The Morgan fingerprint density at radius 2 is 1.82 bits per heavy atom. The molecule has 0 spiro atoms. The monoisotopic (exact) mass is 476 g/mol. The van der Waals surface area contributed by atoms with Gasteiger partial charge in [0.05, 0.1) is 31.8 Å². The van der Waals surface area contributed by atoms with E-state index in [1.54, 1.807) is 12.3 Å². The highest BCUT2D eigenvalue weighted by Crippen LogP contribution is 2.64. The van der Waals surface area contributed by atoms with Crippen LogP contribution in [-0.2, 0) is 42.9 Å². The Morgan fingerprint density at radius 1 is 1.12 bits per heavy atom. The van der Waals surface area contributed by atoms with Crippen LogP contribution in [-0.4, -0.2) is 55.9 Å². The minimum absolute atomic E-state index is 0.0921. The van der Waals surface area contributed by atoms with Crippen molar-refractivity contribution in [3.8, 4) is 0 Å². The summed E-state index contributed by atoms with van der Waals surface area (Å²) in [6.45, 7) is 6.90. The summed E-state index contributed by atoms with van der Waals surface area (Å²) in [7, 11) is 1.30. The number of hydrogen-bond acceptors (Lipinski definition) is 9. The second-order valence-electron chi connectivity index (χ2n) is 10.2. The number of carbonyl (C=O) groups is 4. The molecule has 0 aromatic carbocycles. The Balaban J connectivity index is 1.86. The van der Waals surface area contributed by atoms with Gasteiger partial charge >= 0.3 is 23.9 Å². The van der Waals surface area contributed by atoms with Crippen LogP contribution in [0.5, 0.6) is 0 Å². The second-order valence-corrected chi connectivity index (χ2v) is 10.2. The standard InChI is InChI=1S/C25H32O9/c1-13(26)32-18-10-17(22(28)30-5)24(3)8-6-16-23(29)34-19(15-7-9-31-12-15)11-25(16,4)21(24)20(18)33-14(2)27/h7,9-10,15-16,18-21H,6,8,11-12H2,1-5H3/t15?,16-,18-,19-,20-,21?,24-,25-/m0/s1. The molecule has 2 aliphatic carbocycles. The van der Waals surface area contributed by atoms with Crippen LogP contribution in [0.15, 0.2) is 24.0 Å². The summed E-state index contributed by atoms with van der Waals surface area (Å²) >= 11 is 0. The molecule has 0 radical (unpaired) electrons. The van der Waals surface area contributed by atoms with E-state index in [0.29, 0.717) is 31.4 Å². The molecule has 0 amide bonds. The zero-order chi connectivity index (χ0) is 24.8. The van der Waals surface area contributed by atoms with Crippen molar-refractivity contribution >= 4 is 23.9 Å². The number of ether oxygens (including phenoxy) is 5. The fraction of sp³-hybridized carbons (Fsp3) is 0.680. The van der Waals surface area contributed by atoms with Crippen molar-refractivity contribution in [2.24, 2.45) is 28.6 Å². The molecule has 0 N–H and O–H groups in total. The Bertz CT molecular complexity index is 952. The number of hydrogen-bond donors (Lipinski definition) is 0. The number of fused-ring (bicyclic) bond motifs is 3. The molecular formula is C25H32O9. The van der Waals surface area contributed by atoms with Crippen LogP contribution in [0.3, 0.4) is 0 Å². The Labute approximate surface area is 198 Å². The van der Waals surface area contributed by atoms with E-state index in [4.69, 9.17) is 23.7 Å². The minimum atomic E-state index is -0.991. The summed E-state index contributed by atoms with van der Waals surface area (Å²) in [5.41, 5.74) is -1.12. The summed E-state index contributed by atoms with van der Waals surface area (Å²) in [4.78, 5) is 50.4. The quantitative estimate of drug-likeness (QED) is 0.446. The van der Waals surface area contributed by atoms with Crippen LogP contribution in [0.2, 0.25) is 0 Å². The molecule has 34 heavy (non-hydrogen) atoms. The van der Waals surface area contributed by atoms with Crippen molar-refractivity contribution in [1.82, 2.24) is 0 Å². The largest absolute Gasteiger partial charge is 0.501 e. The van der Waals surface area contributed by atoms with Gasteiger partial charge < -0.3 is 23.7 Å². The molecule has 9 heteroatoms. The predicted molar refractivity (Wildman–Crippen MR) is 117 cm³/mol. The van der Waals surface area contributed by atoms with E-state index in [0.717, 1.165) is 0 Å². The van der Waals surface area contributed by atoms with Crippen LogP contribution in [0.4, 0.5) is 0 Å². The molecule has 2 aliphatic heterocycles. The number of rotatable bonds is 4. The normalized spacial score (nSPS) is 40.6. The minimum Gasteiger partial charge on any atom is -0.501 e. The molecular weight excluding hydrogens is 444 g/mol. The predicted octanol–water partition coefficient (Wildman–Crippen LogP) is 2.48. The van der Waals surface area contributed by atoms with Crippen molar-refractivity contribution in [2.75, 3.05) is 13.7 Å². The maximum absolute atomic E-state index is 13.3. The average molecular weight is 477 g/mol. The molecule has 2 unspecified atom stereocenters. The third-order valence-electron chi connectivity index (χ3n) is 8.13. The van der Waals surface area contributed by atoms with Crippen molar-refractivity contribution in [1.29, 1.82) is 0 Å². The fourth-order valence-corrected chi connectivity index (χ4v) is 6.80. The van der Waals surface area contributed by atoms with Gasteiger partial charge in [0.15, 0.2) is 6.10 Å². The molecule has 4 aliphatic rings. The van der Waals surface area contributed by atoms with Crippen molar-refractivity contribution in [2.45, 2.75) is 65.3 Å². The molecule has 0 aromatic rings. The van der Waals surface area contributed by atoms with Crippen molar-refractivity contribution < 1.29 is 42.9 Å². The van der Waals surface area contributed by atoms with Gasteiger partial charge in [-0.1, -0.05) is 13.8 Å². The molecule has 2 fully saturated rings. The number of cyclic esters (lactones) is 1. The topological polar surface area (TPSA) is 114 Å². The highest BCUT2D eigenvalue weighted by molar-refractivity contribution is 5.91. The lowest BCUT2D eigenvalue weighted by Gasteiger charge is -2.61. The fourth-order valence-electron chi connectivity index (χ4n) is 6.80. The third kappa shape index (κ3) is 3.88. The SMILES string of the molecule is COC(=O)C1=C[C@H](OC(C)=O)[C@H](OC(C)=O)C2[C@@]1(C)CC[C@H]1C(=O)O[C@H](C3C=COC3)C[C@]21C. The summed E-state index contributed by atoms with van der Waals surface area (Å²) in [6.07, 6.45) is 4.22. The first-order valence-electron chi connectivity index (χ1n) is 11.6. The van der Waals surface area contributed by atoms with E-state index < -0.39 is 58.9 Å². The van der Waals surface area contributed by atoms with Gasteiger partial charge in [-0.3, -0.25) is 14.4 Å². The smallest absolute Gasteiger partial charge is 0.334 e. The van der Waals surface area contributed by atoms with Gasteiger partial charge in [-0.15, -0.1) is 0 Å². The van der Waals surface area contributed by atoms with Gasteiger partial charge in [0.1, 0.15) is 12.2 Å². The van der Waals surface area contributed by atoms with Crippen molar-refractivity contribution in [3.05, 3.63) is 24.0 Å². The van der Waals surface area contributed by atoms with Crippen LogP contribution in [0, 0.1) is 28.6 Å². The lowest BCUT2D eigenvalue weighted by Crippen LogP contribution is -2.65. The maximum Gasteiger partial charge on any atom is 0.334 e. The number of methoxy groups -OCH3 is 1. The highest BCUT2D eigenvalue weighted by atomic mass is 16.6. The van der Waals surface area contributed by atoms with Crippen LogP contribution in [0.1, 0.15) is 47.0 Å². The molecule has 2 heterocycles. The number of carbonyl (C=O) groups excluding carboxylic acids is 4. The lowest BCUT2D eigenvalue weighted by molar-refractivity contribution is -0.218. The van der Waals surface area contributed by atoms with E-state index in [1.807, 2.05) is 19.9 Å². The first-order valence-corrected chi connectivity index (χ1v) is 11.6. The molecule has 4 rings (SSSR count). The van der Waals surface area contributed by atoms with E-state index in [2.05, 4.69) is 0 Å². The van der Waals surface area contributed by atoms with Crippen LogP contribution >= 0.6 is 0 Å². The zero-order valence-corrected chi connectivity index (χ0v) is 20.2. The molecule has 1 saturated heterocycles. The molecule has 186 valence electrons. The van der Waals surface area contributed by atoms with E-state index >= 15 is 0 Å². The molecule has 0 aromatic heterocycles. The van der Waals surface area contributed by atoms with Gasteiger partial charge in [0, 0.05) is 30.8 Å². The lowest BCUT2D eigenvalue weighted by atomic mass is 9.44. The highest BCUT2D eigenvalue weighted by Gasteiger charge is 2.67. The van der Waals surface area contributed by atoms with Gasteiger partial charge in [-0.05, 0) is 36.8 Å². The Hall–Kier alpha value is -2.84. The second kappa shape index (κ2) is 8.74. The summed E-state index contributed by atoms with van der Waals surface area (Å²) in [5.74, 6) is -3.00. The molecule has 9 nitrogen and oxygen atoms in total. The maximum atomic E-state index is 13.3. The molecule has 1 saturated carbocycles. The van der Waals surface area contributed by atoms with E-state index in [1.165, 1.54) is 21.0 Å². The molecule has 8 atom stereocenters. The van der Waals surface area contributed by atoms with Crippen LogP contribution < -0.4 is 0 Å². The molecule has 0 bridgehead atoms. The number of esters is 4. The van der Waals surface area contributed by atoms with Crippen molar-refractivity contribution in [3.63, 3.8) is 0 Å². The van der Waals surface area contributed by atoms with Gasteiger partial charge in [-0.25, -0.2) is 4.79 Å². The van der Waals surface area contributed by atoms with E-state index in [9.17, 15) is 19.2 Å². The van der Waals surface area contributed by atoms with Gasteiger partial charge in [0.25, 0.3) is 0 Å². The van der Waals surface area contributed by atoms with E-state index in [-0.39, 0.29) is 11.9 Å². The first kappa shape index (κ1) is 24.3. The summed E-state index contributed by atoms with van der Waals surface area (Å²) < 4.78 is 27.7. The first-order chi connectivity index (χ1) is 16.0. The Morgan fingerprint density at radius 3 is 2.41 bits per heavy atom.